The normalized spacial score (nSPS) is 11.9. The molecule has 0 saturated heterocycles. The first kappa shape index (κ1) is 17.7. The van der Waals surface area contributed by atoms with Crippen molar-refractivity contribution < 1.29 is 13.2 Å². The maximum atomic E-state index is 13.8. The number of pyridine rings is 1. The second-order valence-electron chi connectivity index (χ2n) is 6.09. The van der Waals surface area contributed by atoms with Crippen molar-refractivity contribution in [3.8, 4) is 16.9 Å². The van der Waals surface area contributed by atoms with Crippen molar-refractivity contribution in [1.82, 2.24) is 14.8 Å². The topological polar surface area (TPSA) is 30.7 Å². The summed E-state index contributed by atoms with van der Waals surface area (Å²) in [6.45, 7) is 1.57. The van der Waals surface area contributed by atoms with E-state index in [0.717, 1.165) is 10.5 Å². The fourth-order valence-corrected chi connectivity index (χ4v) is 3.29. The highest BCUT2D eigenvalue weighted by Crippen LogP contribution is 2.38. The van der Waals surface area contributed by atoms with Crippen LogP contribution in [0.3, 0.4) is 0 Å². The molecule has 2 aromatic carbocycles. The summed E-state index contributed by atoms with van der Waals surface area (Å²) in [5.41, 5.74) is 1.25. The van der Waals surface area contributed by atoms with Gasteiger partial charge < -0.3 is 0 Å². The van der Waals surface area contributed by atoms with Gasteiger partial charge in [0.1, 0.15) is 0 Å². The Balaban J connectivity index is 2.06. The van der Waals surface area contributed by atoms with Crippen LogP contribution < -0.4 is 0 Å². The molecule has 2 heterocycles. The van der Waals surface area contributed by atoms with Crippen LogP contribution in [0, 0.1) is 6.92 Å². The first-order chi connectivity index (χ1) is 12.8. The van der Waals surface area contributed by atoms with Gasteiger partial charge in [-0.15, -0.1) is 0 Å². The van der Waals surface area contributed by atoms with Crippen molar-refractivity contribution in [3.05, 3.63) is 76.4 Å². The van der Waals surface area contributed by atoms with Crippen LogP contribution in [0.2, 0.25) is 0 Å². The highest BCUT2D eigenvalue weighted by molar-refractivity contribution is 9.10. The molecule has 0 amide bonds. The number of aryl methyl sites for hydroxylation is 1. The molecule has 0 spiro atoms. The van der Waals surface area contributed by atoms with E-state index in [4.69, 9.17) is 0 Å². The van der Waals surface area contributed by atoms with Gasteiger partial charge in [-0.3, -0.25) is 0 Å². The first-order valence-corrected chi connectivity index (χ1v) is 8.93. The molecule has 0 saturated carbocycles. The standard InChI is InChI=1S/C20H13BrF3N3/c1-12-18-16(20(22,23)24)11-17(13-7-9-14(21)10-8-13)25-19(18)27(26-12)15-5-3-2-4-6-15/h2-11H,1H3. The molecule has 0 bridgehead atoms. The van der Waals surface area contributed by atoms with Crippen molar-refractivity contribution in [3.63, 3.8) is 0 Å². The zero-order valence-electron chi connectivity index (χ0n) is 14.1. The molecule has 0 fully saturated rings. The van der Waals surface area contributed by atoms with Crippen LogP contribution in [-0.4, -0.2) is 14.8 Å². The van der Waals surface area contributed by atoms with Gasteiger partial charge in [0, 0.05) is 10.0 Å². The molecule has 0 unspecified atom stereocenters. The molecule has 7 heteroatoms. The molecule has 0 aliphatic carbocycles. The average Bonchev–Trinajstić information content (AvgIpc) is 2.98. The summed E-state index contributed by atoms with van der Waals surface area (Å²) in [4.78, 5) is 4.53. The minimum Gasteiger partial charge on any atom is -0.228 e. The minimum atomic E-state index is -4.51. The molecule has 4 aromatic rings. The van der Waals surface area contributed by atoms with Crippen LogP contribution in [0.25, 0.3) is 28.0 Å². The molecule has 0 radical (unpaired) electrons. The molecule has 27 heavy (non-hydrogen) atoms. The van der Waals surface area contributed by atoms with Crippen LogP contribution in [0.15, 0.2) is 65.1 Å². The average molecular weight is 432 g/mol. The maximum absolute atomic E-state index is 13.8. The predicted octanol–water partition coefficient (Wildman–Crippen LogP) is 6.18. The lowest BCUT2D eigenvalue weighted by Gasteiger charge is -2.12. The van der Waals surface area contributed by atoms with E-state index in [-0.39, 0.29) is 22.4 Å². The Morgan fingerprint density at radius 1 is 0.963 bits per heavy atom. The first-order valence-electron chi connectivity index (χ1n) is 8.13. The molecule has 2 aromatic heterocycles. The Kier molecular flexibility index (Phi) is 4.26. The van der Waals surface area contributed by atoms with Gasteiger partial charge in [-0.05, 0) is 37.3 Å². The van der Waals surface area contributed by atoms with Gasteiger partial charge in [0.05, 0.1) is 28.0 Å². The van der Waals surface area contributed by atoms with E-state index in [1.54, 1.807) is 55.5 Å². The zero-order chi connectivity index (χ0) is 19.2. The number of halogens is 4. The van der Waals surface area contributed by atoms with E-state index in [1.807, 2.05) is 6.07 Å². The third-order valence-corrected chi connectivity index (χ3v) is 4.79. The number of alkyl halides is 3. The van der Waals surface area contributed by atoms with E-state index in [9.17, 15) is 13.2 Å². The summed E-state index contributed by atoms with van der Waals surface area (Å²) in [5.74, 6) is 0. The highest BCUT2D eigenvalue weighted by Gasteiger charge is 2.35. The fourth-order valence-electron chi connectivity index (χ4n) is 3.03. The zero-order valence-corrected chi connectivity index (χ0v) is 15.7. The van der Waals surface area contributed by atoms with Crippen molar-refractivity contribution >= 4 is 27.0 Å². The van der Waals surface area contributed by atoms with Crippen LogP contribution >= 0.6 is 15.9 Å². The van der Waals surface area contributed by atoms with Crippen molar-refractivity contribution in [2.45, 2.75) is 13.1 Å². The summed E-state index contributed by atoms with van der Waals surface area (Å²) in [6.07, 6.45) is -4.51. The second kappa shape index (κ2) is 6.49. The number of hydrogen-bond donors (Lipinski definition) is 0. The Morgan fingerprint density at radius 2 is 1.63 bits per heavy atom. The summed E-state index contributed by atoms with van der Waals surface area (Å²) >= 11 is 3.34. The van der Waals surface area contributed by atoms with Crippen molar-refractivity contribution in [2.75, 3.05) is 0 Å². The third kappa shape index (κ3) is 3.23. The smallest absolute Gasteiger partial charge is 0.228 e. The van der Waals surface area contributed by atoms with E-state index in [0.29, 0.717) is 11.3 Å². The number of para-hydroxylation sites is 1. The van der Waals surface area contributed by atoms with Gasteiger partial charge in [0.25, 0.3) is 0 Å². The molecule has 0 N–H and O–H groups in total. The molecule has 0 aliphatic rings. The fraction of sp³-hybridized carbons (Fsp3) is 0.100. The van der Waals surface area contributed by atoms with Crippen LogP contribution in [0.1, 0.15) is 11.3 Å². The molecular weight excluding hydrogens is 419 g/mol. The van der Waals surface area contributed by atoms with Gasteiger partial charge >= 0.3 is 6.18 Å². The lowest BCUT2D eigenvalue weighted by molar-refractivity contribution is -0.136. The molecule has 136 valence electrons. The van der Waals surface area contributed by atoms with E-state index >= 15 is 0 Å². The Labute approximate surface area is 161 Å². The van der Waals surface area contributed by atoms with Crippen LogP contribution in [0.5, 0.6) is 0 Å². The molecular formula is C20H13BrF3N3. The highest BCUT2D eigenvalue weighted by atomic mass is 79.9. The Bertz CT molecular complexity index is 1120. The van der Waals surface area contributed by atoms with Gasteiger partial charge in [-0.25, -0.2) is 9.67 Å². The Hall–Kier alpha value is -2.67. The lowest BCUT2D eigenvalue weighted by atomic mass is 10.1. The number of hydrogen-bond acceptors (Lipinski definition) is 2. The monoisotopic (exact) mass is 431 g/mol. The minimum absolute atomic E-state index is 0.0206. The third-order valence-electron chi connectivity index (χ3n) is 4.26. The molecule has 3 nitrogen and oxygen atoms in total. The van der Waals surface area contributed by atoms with Gasteiger partial charge in [-0.2, -0.15) is 18.3 Å². The maximum Gasteiger partial charge on any atom is 0.417 e. The van der Waals surface area contributed by atoms with Crippen LogP contribution in [0.4, 0.5) is 13.2 Å². The number of fused-ring (bicyclic) bond motifs is 1. The number of rotatable bonds is 2. The molecule has 0 aliphatic heterocycles. The van der Waals surface area contributed by atoms with Gasteiger partial charge in [-0.1, -0.05) is 46.3 Å². The number of aromatic nitrogens is 3. The van der Waals surface area contributed by atoms with Crippen molar-refractivity contribution in [2.24, 2.45) is 0 Å². The lowest BCUT2D eigenvalue weighted by Crippen LogP contribution is -2.08. The quantitative estimate of drug-likeness (QED) is 0.379. The van der Waals surface area contributed by atoms with E-state index < -0.39 is 11.7 Å². The van der Waals surface area contributed by atoms with Gasteiger partial charge in [0.2, 0.25) is 0 Å². The summed E-state index contributed by atoms with van der Waals surface area (Å²) in [6, 6.07) is 17.1. The SMILES string of the molecule is Cc1nn(-c2ccccc2)c2nc(-c3ccc(Br)cc3)cc(C(F)(F)F)c12. The van der Waals surface area contributed by atoms with E-state index in [1.165, 1.54) is 4.68 Å². The molecule has 0 atom stereocenters. The number of benzene rings is 2. The molecule has 4 rings (SSSR count). The second-order valence-corrected chi connectivity index (χ2v) is 7.01. The van der Waals surface area contributed by atoms with Crippen molar-refractivity contribution in [1.29, 1.82) is 0 Å². The van der Waals surface area contributed by atoms with Gasteiger partial charge in [0.15, 0.2) is 5.65 Å². The Morgan fingerprint density at radius 3 is 2.26 bits per heavy atom. The van der Waals surface area contributed by atoms with Crippen LogP contribution in [-0.2, 0) is 6.18 Å². The predicted molar refractivity (Wildman–Crippen MR) is 102 cm³/mol. The summed E-state index contributed by atoms with van der Waals surface area (Å²) in [7, 11) is 0. The summed E-state index contributed by atoms with van der Waals surface area (Å²) < 4.78 is 43.7. The summed E-state index contributed by atoms with van der Waals surface area (Å²) in [5, 5.41) is 4.35. The number of nitrogens with zero attached hydrogens (tertiary/aromatic N) is 3. The largest absolute Gasteiger partial charge is 0.417 e. The van der Waals surface area contributed by atoms with E-state index in [2.05, 4.69) is 26.0 Å².